The van der Waals surface area contributed by atoms with Crippen molar-refractivity contribution in [1.29, 1.82) is 0 Å². The Morgan fingerprint density at radius 2 is 1.54 bits per heavy atom. The first-order chi connectivity index (χ1) is 22.6. The highest BCUT2D eigenvalue weighted by molar-refractivity contribution is 5.87. The Morgan fingerprint density at radius 1 is 0.848 bits per heavy atom. The zero-order valence-electron chi connectivity index (χ0n) is 28.2. The maximum atomic E-state index is 13.9. The molecule has 0 aromatic rings. The number of aliphatic hydroxyl groups is 2. The molecule has 4 aliphatic rings. The van der Waals surface area contributed by atoms with Crippen molar-refractivity contribution < 1.29 is 38.7 Å². The van der Waals surface area contributed by atoms with Crippen LogP contribution in [0.15, 0.2) is 47.8 Å². The molecule has 0 radical (unpaired) electrons. The second-order valence-corrected chi connectivity index (χ2v) is 13.5. The first-order valence-electron chi connectivity index (χ1n) is 18.1. The van der Waals surface area contributed by atoms with Crippen molar-refractivity contribution in [3.63, 3.8) is 0 Å². The molecule has 0 aromatic heterocycles. The van der Waals surface area contributed by atoms with Crippen molar-refractivity contribution in [2.24, 2.45) is 35.5 Å². The molecule has 8 heteroatoms. The summed E-state index contributed by atoms with van der Waals surface area (Å²) in [5.41, 5.74) is 1.34. The van der Waals surface area contributed by atoms with Crippen LogP contribution < -0.4 is 0 Å². The first-order valence-corrected chi connectivity index (χ1v) is 18.1. The number of aliphatic hydroxyl groups excluding tert-OH is 2. The summed E-state index contributed by atoms with van der Waals surface area (Å²) in [6.07, 6.45) is 22.8. The van der Waals surface area contributed by atoms with Gasteiger partial charge in [0, 0.05) is 18.4 Å². The van der Waals surface area contributed by atoms with E-state index in [9.17, 15) is 15.0 Å². The molecule has 8 nitrogen and oxygen atoms in total. The third kappa shape index (κ3) is 12.0. The van der Waals surface area contributed by atoms with Crippen molar-refractivity contribution in [2.45, 2.75) is 83.7 Å². The minimum atomic E-state index is -0.241. The number of hydrogen-bond donors (Lipinski definition) is 2. The quantitative estimate of drug-likeness (QED) is 0.121. The molecular weight excluding hydrogens is 584 g/mol. The molecule has 2 fully saturated rings. The molecule has 4 rings (SSSR count). The number of carbonyl (C=O) groups excluding carboxylic acids is 1. The summed E-state index contributed by atoms with van der Waals surface area (Å²) in [4.78, 5) is 13.9. The van der Waals surface area contributed by atoms with Crippen LogP contribution in [0.1, 0.15) is 77.6 Å². The fourth-order valence-electron chi connectivity index (χ4n) is 7.96. The Kier molecular flexibility index (Phi) is 17.1. The Balaban J connectivity index is 1.05. The van der Waals surface area contributed by atoms with Crippen molar-refractivity contribution >= 4 is 5.78 Å². The maximum absolute atomic E-state index is 13.9. The highest BCUT2D eigenvalue weighted by Crippen LogP contribution is 2.53. The predicted octanol–water partition coefficient (Wildman–Crippen LogP) is 6.54. The van der Waals surface area contributed by atoms with Crippen LogP contribution in [0.25, 0.3) is 0 Å². The second-order valence-electron chi connectivity index (χ2n) is 13.5. The number of unbranched alkanes of at least 4 members (excludes halogenated alkanes) is 2. The zero-order valence-corrected chi connectivity index (χ0v) is 28.2. The number of rotatable bonds is 23. The predicted molar refractivity (Wildman–Crippen MR) is 180 cm³/mol. The molecule has 46 heavy (non-hydrogen) atoms. The molecule has 2 unspecified atom stereocenters. The van der Waals surface area contributed by atoms with Crippen LogP contribution in [0.3, 0.4) is 0 Å². The van der Waals surface area contributed by atoms with E-state index < -0.39 is 0 Å². The van der Waals surface area contributed by atoms with Gasteiger partial charge in [0.05, 0.1) is 65.6 Å². The van der Waals surface area contributed by atoms with Crippen LogP contribution in [0.2, 0.25) is 0 Å². The molecule has 0 saturated heterocycles. The highest BCUT2D eigenvalue weighted by Gasteiger charge is 2.51. The monoisotopic (exact) mass is 644 g/mol. The molecule has 0 aliphatic heterocycles. The Hall–Kier alpha value is -1.81. The lowest BCUT2D eigenvalue weighted by Crippen LogP contribution is -2.49. The Morgan fingerprint density at radius 3 is 2.17 bits per heavy atom. The summed E-state index contributed by atoms with van der Waals surface area (Å²) in [5.74, 6) is 1.54. The third-order valence-corrected chi connectivity index (χ3v) is 10.2. The molecule has 4 aliphatic carbocycles. The van der Waals surface area contributed by atoms with Gasteiger partial charge in [-0.1, -0.05) is 50.5 Å². The molecule has 0 heterocycles. The van der Waals surface area contributed by atoms with E-state index in [1.54, 1.807) is 12.2 Å². The van der Waals surface area contributed by atoms with Crippen LogP contribution in [-0.2, 0) is 28.5 Å². The normalized spacial score (nSPS) is 29.2. The van der Waals surface area contributed by atoms with Gasteiger partial charge in [0.1, 0.15) is 11.5 Å². The average molecular weight is 645 g/mol. The number of hydrogen-bond acceptors (Lipinski definition) is 8. The fourth-order valence-corrected chi connectivity index (χ4v) is 7.96. The van der Waals surface area contributed by atoms with Crippen molar-refractivity contribution in [3.05, 3.63) is 47.8 Å². The fraction of sp³-hybridized carbons (Fsp3) is 0.763. The van der Waals surface area contributed by atoms with Gasteiger partial charge in [-0.2, -0.15) is 0 Å². The summed E-state index contributed by atoms with van der Waals surface area (Å²) in [7, 11) is 0. The smallest absolute Gasteiger partial charge is 0.143 e. The zero-order chi connectivity index (χ0) is 32.4. The average Bonchev–Trinajstić information content (AvgIpc) is 3.50. The summed E-state index contributed by atoms with van der Waals surface area (Å²) in [6, 6.07) is 0. The van der Waals surface area contributed by atoms with E-state index in [-0.39, 0.29) is 35.4 Å². The van der Waals surface area contributed by atoms with E-state index in [1.165, 1.54) is 5.57 Å². The van der Waals surface area contributed by atoms with E-state index >= 15 is 0 Å². The number of ether oxygens (including phenoxy) is 5. The Labute approximate surface area is 277 Å². The van der Waals surface area contributed by atoms with E-state index in [2.05, 4.69) is 31.2 Å². The molecule has 0 aromatic carbocycles. The first kappa shape index (κ1) is 37.0. The number of carbonyl (C=O) groups is 1. The summed E-state index contributed by atoms with van der Waals surface area (Å²) in [5, 5.41) is 20.6. The lowest BCUT2D eigenvalue weighted by atomic mass is 9.55. The molecule has 2 saturated carbocycles. The minimum Gasteiger partial charge on any atom is -0.508 e. The van der Waals surface area contributed by atoms with Gasteiger partial charge in [0.2, 0.25) is 0 Å². The van der Waals surface area contributed by atoms with Crippen LogP contribution in [0, 0.1) is 35.5 Å². The Bertz CT molecular complexity index is 1000. The largest absolute Gasteiger partial charge is 0.508 e. The molecule has 0 bridgehead atoms. The lowest BCUT2D eigenvalue weighted by molar-refractivity contribution is -0.137. The van der Waals surface area contributed by atoms with E-state index in [0.717, 1.165) is 70.6 Å². The van der Waals surface area contributed by atoms with Gasteiger partial charge in [-0.25, -0.2) is 0 Å². The van der Waals surface area contributed by atoms with Crippen LogP contribution in [0.4, 0.5) is 0 Å². The third-order valence-electron chi connectivity index (χ3n) is 10.2. The van der Waals surface area contributed by atoms with E-state index in [0.29, 0.717) is 83.8 Å². The van der Waals surface area contributed by atoms with Gasteiger partial charge in [-0.05, 0) is 92.8 Å². The lowest BCUT2D eigenvalue weighted by Gasteiger charge is -2.48. The highest BCUT2D eigenvalue weighted by atomic mass is 16.6. The van der Waals surface area contributed by atoms with Crippen LogP contribution in [-0.4, -0.2) is 88.2 Å². The standard InChI is InChI=1S/C38H60O8/c1-2-3-11-34-33-16-15-32(40)27-36(33)38(41)35(37(34)30-13-14-31(39)26-30)12-7-8-17-42-18-19-43-20-21-44-22-23-45-24-25-46-28-29-9-5-4-6-10-29/h4-5,9,15-16,27,30-31,33-37,39-40H,2-3,6-8,10-14,17-26,28H2,1H3/t30-,31+,33?,34-,35+,36?,37+/m1/s1. The van der Waals surface area contributed by atoms with E-state index in [1.807, 2.05) is 0 Å². The van der Waals surface area contributed by atoms with Gasteiger partial charge in [-0.3, -0.25) is 4.79 Å². The van der Waals surface area contributed by atoms with Crippen LogP contribution in [0.5, 0.6) is 0 Å². The SMILES string of the molecule is CCCC[C@@H]1C2C=CC(O)=CC2C(=O)[C@@H](CCCCOCCOCCOCCOCCOCC2=CC=CCC2)[C@H]1[C@@H]1CC[C@H](O)C1. The van der Waals surface area contributed by atoms with Gasteiger partial charge >= 0.3 is 0 Å². The van der Waals surface area contributed by atoms with Crippen molar-refractivity contribution in [1.82, 2.24) is 0 Å². The molecule has 7 atom stereocenters. The minimum absolute atomic E-state index is 0.0157. The van der Waals surface area contributed by atoms with Gasteiger partial charge in [-0.15, -0.1) is 0 Å². The number of Topliss-reactive ketones (excluding diaryl/α,β-unsaturated/α-hetero) is 1. The van der Waals surface area contributed by atoms with Crippen molar-refractivity contribution in [3.8, 4) is 0 Å². The summed E-state index contributed by atoms with van der Waals surface area (Å²) in [6.45, 7) is 7.94. The second kappa shape index (κ2) is 21.2. The number of allylic oxidation sites excluding steroid dienone is 6. The van der Waals surface area contributed by atoms with Crippen LogP contribution >= 0.6 is 0 Å². The summed E-state index contributed by atoms with van der Waals surface area (Å²) >= 11 is 0. The molecule has 0 spiro atoms. The van der Waals surface area contributed by atoms with Gasteiger partial charge in [0.25, 0.3) is 0 Å². The van der Waals surface area contributed by atoms with Gasteiger partial charge in [0.15, 0.2) is 0 Å². The van der Waals surface area contributed by atoms with Gasteiger partial charge < -0.3 is 33.9 Å². The maximum Gasteiger partial charge on any atom is 0.143 e. The molecule has 260 valence electrons. The number of fused-ring (bicyclic) bond motifs is 1. The summed E-state index contributed by atoms with van der Waals surface area (Å²) < 4.78 is 28.2. The number of ketones is 1. The van der Waals surface area contributed by atoms with Crippen molar-refractivity contribution in [2.75, 3.05) is 66.1 Å². The topological polar surface area (TPSA) is 104 Å². The molecule has 0 amide bonds. The molecule has 2 N–H and O–H groups in total. The molecular formula is C38H60O8. The van der Waals surface area contributed by atoms with E-state index in [4.69, 9.17) is 23.7 Å².